The fourth-order valence-corrected chi connectivity index (χ4v) is 3.85. The van der Waals surface area contributed by atoms with E-state index in [-0.39, 0.29) is 17.1 Å². The summed E-state index contributed by atoms with van der Waals surface area (Å²) in [5, 5.41) is 27.1. The molecule has 1 atom stereocenters. The number of rotatable bonds is 5. The molecule has 9 nitrogen and oxygen atoms in total. The molecule has 0 fully saturated rings. The van der Waals surface area contributed by atoms with Gasteiger partial charge in [-0.15, -0.1) is 11.3 Å². The Morgan fingerprint density at radius 2 is 2.03 bits per heavy atom. The van der Waals surface area contributed by atoms with Gasteiger partial charge in [0.25, 0.3) is 11.6 Å². The number of nitro groups is 1. The second-order valence-corrected chi connectivity index (χ2v) is 7.24. The zero-order chi connectivity index (χ0) is 20.7. The van der Waals surface area contributed by atoms with Crippen LogP contribution in [-0.4, -0.2) is 26.9 Å². The van der Waals surface area contributed by atoms with Crippen LogP contribution in [0.5, 0.6) is 0 Å². The topological polar surface area (TPSA) is 127 Å². The van der Waals surface area contributed by atoms with Crippen molar-refractivity contribution in [2.45, 2.75) is 13.0 Å². The number of aromatic nitrogens is 1. The van der Waals surface area contributed by atoms with Crippen molar-refractivity contribution >= 4 is 34.5 Å². The summed E-state index contributed by atoms with van der Waals surface area (Å²) in [7, 11) is 0. The first-order chi connectivity index (χ1) is 13.9. The number of anilines is 1. The zero-order valence-electron chi connectivity index (χ0n) is 14.9. The Hall–Kier alpha value is -3.79. The monoisotopic (exact) mass is 411 g/mol. The second kappa shape index (κ2) is 6.99. The molecule has 0 spiro atoms. The van der Waals surface area contributed by atoms with E-state index in [0.29, 0.717) is 16.2 Å². The number of carbonyl (C=O) groups excluding carboxylic acids is 2. The minimum Gasteiger partial charge on any atom is -0.503 e. The summed E-state index contributed by atoms with van der Waals surface area (Å²) < 4.78 is 5.05. The molecule has 0 bridgehead atoms. The maximum absolute atomic E-state index is 13.1. The first-order valence-corrected chi connectivity index (χ1v) is 9.29. The third-order valence-corrected chi connectivity index (χ3v) is 5.35. The molecule has 1 aliphatic rings. The highest BCUT2D eigenvalue weighted by molar-refractivity contribution is 7.12. The highest BCUT2D eigenvalue weighted by Gasteiger charge is 2.46. The van der Waals surface area contributed by atoms with Crippen LogP contribution in [0.2, 0.25) is 0 Å². The molecule has 146 valence electrons. The lowest BCUT2D eigenvalue weighted by molar-refractivity contribution is -0.384. The molecular weight excluding hydrogens is 398 g/mol. The molecule has 0 unspecified atom stereocenters. The van der Waals surface area contributed by atoms with Gasteiger partial charge in [0.1, 0.15) is 5.76 Å². The van der Waals surface area contributed by atoms with Crippen molar-refractivity contribution in [1.82, 2.24) is 5.16 Å². The van der Waals surface area contributed by atoms with Gasteiger partial charge in [-0.1, -0.05) is 11.2 Å². The van der Waals surface area contributed by atoms with Crippen molar-refractivity contribution in [3.63, 3.8) is 0 Å². The van der Waals surface area contributed by atoms with Gasteiger partial charge in [-0.25, -0.2) is 0 Å². The number of non-ortho nitro benzene ring substituents is 1. The summed E-state index contributed by atoms with van der Waals surface area (Å²) in [6.07, 6.45) is 0. The number of aryl methyl sites for hydroxylation is 1. The molecule has 3 aromatic rings. The van der Waals surface area contributed by atoms with Crippen LogP contribution in [0, 0.1) is 17.0 Å². The zero-order valence-corrected chi connectivity index (χ0v) is 15.8. The van der Waals surface area contributed by atoms with Crippen molar-refractivity contribution in [2.24, 2.45) is 0 Å². The third kappa shape index (κ3) is 3.09. The van der Waals surface area contributed by atoms with Gasteiger partial charge in [0, 0.05) is 18.2 Å². The number of benzene rings is 1. The van der Waals surface area contributed by atoms with Gasteiger partial charge in [0.2, 0.25) is 5.78 Å². The van der Waals surface area contributed by atoms with Crippen molar-refractivity contribution in [3.8, 4) is 0 Å². The van der Waals surface area contributed by atoms with Gasteiger partial charge in [-0.3, -0.25) is 24.6 Å². The number of Topliss-reactive ketones (excluding diaryl/α,β-unsaturated/α-hetero) is 1. The predicted molar refractivity (Wildman–Crippen MR) is 103 cm³/mol. The summed E-state index contributed by atoms with van der Waals surface area (Å²) >= 11 is 1.18. The number of nitro benzene ring substituents is 1. The smallest absolute Gasteiger partial charge is 0.295 e. The highest BCUT2D eigenvalue weighted by Crippen LogP contribution is 2.42. The van der Waals surface area contributed by atoms with Crippen molar-refractivity contribution < 1.29 is 24.1 Å². The van der Waals surface area contributed by atoms with Crippen LogP contribution in [-0.2, 0) is 4.79 Å². The van der Waals surface area contributed by atoms with Crippen molar-refractivity contribution in [2.75, 3.05) is 4.90 Å². The first kappa shape index (κ1) is 18.6. The summed E-state index contributed by atoms with van der Waals surface area (Å²) in [5.74, 6) is -1.44. The van der Waals surface area contributed by atoms with Crippen LogP contribution >= 0.6 is 11.3 Å². The lowest BCUT2D eigenvalue weighted by Gasteiger charge is -2.24. The molecular formula is C19H13N3O6S. The van der Waals surface area contributed by atoms with Crippen LogP contribution < -0.4 is 4.90 Å². The highest BCUT2D eigenvalue weighted by atomic mass is 32.1. The molecule has 1 aliphatic heterocycles. The van der Waals surface area contributed by atoms with Crippen molar-refractivity contribution in [3.05, 3.63) is 85.5 Å². The van der Waals surface area contributed by atoms with E-state index in [0.717, 1.165) is 4.90 Å². The average Bonchev–Trinajstić information content (AvgIpc) is 3.43. The maximum atomic E-state index is 13.1. The van der Waals surface area contributed by atoms with Gasteiger partial charge in [-0.2, -0.15) is 0 Å². The second-order valence-electron chi connectivity index (χ2n) is 6.29. The number of thiophene rings is 1. The summed E-state index contributed by atoms with van der Waals surface area (Å²) in [4.78, 5) is 37.8. The van der Waals surface area contributed by atoms with E-state index in [1.54, 1.807) is 24.4 Å². The summed E-state index contributed by atoms with van der Waals surface area (Å²) in [5.41, 5.74) is 0.154. The minimum absolute atomic E-state index is 0.119. The van der Waals surface area contributed by atoms with Gasteiger partial charge < -0.3 is 9.63 Å². The van der Waals surface area contributed by atoms with E-state index >= 15 is 0 Å². The molecule has 1 amide bonds. The van der Waals surface area contributed by atoms with E-state index < -0.39 is 28.4 Å². The number of aliphatic hydroxyl groups is 1. The predicted octanol–water partition coefficient (Wildman–Crippen LogP) is 3.74. The lowest BCUT2D eigenvalue weighted by atomic mass is 9.95. The standard InChI is InChI=1S/C19H13N3O6S/c1-10-9-14(20-28-10)21-16(11-4-6-12(7-5-11)22(26)27)15(18(24)19(21)25)17(23)13-3-2-8-29-13/h2-9,16,24H,1H3/t16-/m0/s1. The molecule has 4 rings (SSSR count). The quantitative estimate of drug-likeness (QED) is 0.385. The number of carbonyl (C=O) groups is 2. The van der Waals surface area contributed by atoms with Crippen molar-refractivity contribution in [1.29, 1.82) is 0 Å². The number of ketones is 1. The van der Waals surface area contributed by atoms with Gasteiger partial charge in [0.05, 0.1) is 21.4 Å². The van der Waals surface area contributed by atoms with Crippen LogP contribution in [0.1, 0.15) is 27.0 Å². The molecule has 1 aromatic carbocycles. The van der Waals surface area contributed by atoms with E-state index in [1.807, 2.05) is 0 Å². The SMILES string of the molecule is Cc1cc(N2C(=O)C(O)=C(C(=O)c3cccs3)[C@@H]2c2ccc([N+](=O)[O-])cc2)no1. The molecule has 3 heterocycles. The Bertz CT molecular complexity index is 1150. The van der Waals surface area contributed by atoms with Gasteiger partial charge >= 0.3 is 0 Å². The summed E-state index contributed by atoms with van der Waals surface area (Å²) in [6.45, 7) is 1.64. The first-order valence-electron chi connectivity index (χ1n) is 8.41. The van der Waals surface area contributed by atoms with E-state index in [9.17, 15) is 24.8 Å². The average molecular weight is 411 g/mol. The molecule has 29 heavy (non-hydrogen) atoms. The third-order valence-electron chi connectivity index (χ3n) is 4.48. The van der Waals surface area contributed by atoms with Gasteiger partial charge in [0.15, 0.2) is 11.6 Å². The van der Waals surface area contributed by atoms with Crippen LogP contribution in [0.25, 0.3) is 0 Å². The van der Waals surface area contributed by atoms with Crippen LogP contribution in [0.4, 0.5) is 11.5 Å². The molecule has 1 N–H and O–H groups in total. The fraction of sp³-hybridized carbons (Fsp3) is 0.105. The number of amides is 1. The molecule has 0 aliphatic carbocycles. The lowest BCUT2D eigenvalue weighted by Crippen LogP contribution is -2.31. The van der Waals surface area contributed by atoms with E-state index in [2.05, 4.69) is 5.16 Å². The number of aliphatic hydroxyl groups excluding tert-OH is 1. The van der Waals surface area contributed by atoms with E-state index in [1.165, 1.54) is 41.7 Å². The van der Waals surface area contributed by atoms with Gasteiger partial charge in [-0.05, 0) is 36.1 Å². The molecule has 0 saturated carbocycles. The normalized spacial score (nSPS) is 16.5. The minimum atomic E-state index is -1.01. The Balaban J connectivity index is 1.86. The van der Waals surface area contributed by atoms with E-state index in [4.69, 9.17) is 4.52 Å². The van der Waals surface area contributed by atoms with Crippen LogP contribution in [0.15, 0.2) is 63.7 Å². The summed E-state index contributed by atoms with van der Waals surface area (Å²) in [6, 6.07) is 9.19. The Kier molecular flexibility index (Phi) is 4.47. The molecule has 2 aromatic heterocycles. The Labute approximate surface area is 167 Å². The number of hydrogen-bond donors (Lipinski definition) is 1. The Morgan fingerprint density at radius 3 is 2.59 bits per heavy atom. The Morgan fingerprint density at radius 1 is 1.31 bits per heavy atom. The number of hydrogen-bond acceptors (Lipinski definition) is 8. The number of nitrogens with zero attached hydrogens (tertiary/aromatic N) is 3. The molecule has 10 heteroatoms. The molecule has 0 saturated heterocycles. The fourth-order valence-electron chi connectivity index (χ4n) is 3.17. The van der Waals surface area contributed by atoms with Crippen LogP contribution in [0.3, 0.4) is 0 Å². The maximum Gasteiger partial charge on any atom is 0.295 e. The molecule has 0 radical (unpaired) electrons. The largest absolute Gasteiger partial charge is 0.503 e.